The van der Waals surface area contributed by atoms with Crippen LogP contribution in [0.25, 0.3) is 0 Å². The van der Waals surface area contributed by atoms with Crippen LogP contribution in [0.15, 0.2) is 29.2 Å². The minimum Gasteiger partial charge on any atom is -0.336 e. The molecule has 1 aliphatic rings. The van der Waals surface area contributed by atoms with Crippen LogP contribution in [0, 0.1) is 18.3 Å². The highest BCUT2D eigenvalue weighted by Gasteiger charge is 2.23. The first-order chi connectivity index (χ1) is 11.8. The molecular formula is C18H25N3O3S. The van der Waals surface area contributed by atoms with E-state index in [0.29, 0.717) is 24.6 Å². The van der Waals surface area contributed by atoms with Crippen LogP contribution < -0.4 is 4.72 Å². The summed E-state index contributed by atoms with van der Waals surface area (Å²) < 4.78 is 26.6. The number of piperazine rings is 1. The van der Waals surface area contributed by atoms with E-state index < -0.39 is 10.0 Å². The Labute approximate surface area is 150 Å². The normalized spacial score (nSPS) is 16.0. The number of nitrogens with one attached hydrogen (secondary N) is 1. The second-order valence-electron chi connectivity index (χ2n) is 6.54. The Kier molecular flexibility index (Phi) is 6.59. The maximum atomic E-state index is 12.7. The molecule has 1 saturated heterocycles. The van der Waals surface area contributed by atoms with Crippen LogP contribution in [0.3, 0.4) is 0 Å². The number of hydrogen-bond donors (Lipinski definition) is 1. The molecule has 1 fully saturated rings. The molecule has 136 valence electrons. The van der Waals surface area contributed by atoms with Gasteiger partial charge >= 0.3 is 0 Å². The Morgan fingerprint density at radius 3 is 2.56 bits per heavy atom. The van der Waals surface area contributed by atoms with Crippen LogP contribution in [-0.4, -0.2) is 63.4 Å². The largest absolute Gasteiger partial charge is 0.336 e. The Hall–Kier alpha value is -1.88. The van der Waals surface area contributed by atoms with Crippen LogP contribution in [0.1, 0.15) is 24.2 Å². The van der Waals surface area contributed by atoms with Crippen molar-refractivity contribution in [1.82, 2.24) is 14.5 Å². The number of carbonyl (C=O) groups excluding carboxylic acids is 1. The minimum atomic E-state index is -3.70. The quantitative estimate of drug-likeness (QED) is 0.766. The molecule has 1 amide bonds. The van der Waals surface area contributed by atoms with E-state index >= 15 is 0 Å². The summed E-state index contributed by atoms with van der Waals surface area (Å²) in [5, 5.41) is 0. The summed E-state index contributed by atoms with van der Waals surface area (Å²) in [6.45, 7) is 8.28. The summed E-state index contributed by atoms with van der Waals surface area (Å²) in [5.41, 5.74) is 0.376. The van der Waals surface area contributed by atoms with Gasteiger partial charge in [0.25, 0.3) is 5.91 Å². The number of terminal acetylenes is 1. The van der Waals surface area contributed by atoms with E-state index in [-0.39, 0.29) is 17.3 Å². The van der Waals surface area contributed by atoms with E-state index in [4.69, 9.17) is 6.42 Å². The molecular weight excluding hydrogens is 338 g/mol. The molecule has 1 N–H and O–H groups in total. The molecule has 2 rings (SSSR count). The monoisotopic (exact) mass is 363 g/mol. The number of amides is 1. The highest BCUT2D eigenvalue weighted by atomic mass is 32.2. The van der Waals surface area contributed by atoms with E-state index in [1.165, 1.54) is 12.1 Å². The first kappa shape index (κ1) is 19.4. The van der Waals surface area contributed by atoms with Crippen LogP contribution >= 0.6 is 0 Å². The zero-order valence-corrected chi connectivity index (χ0v) is 15.6. The average molecular weight is 363 g/mol. The molecule has 0 aromatic heterocycles. The maximum absolute atomic E-state index is 12.7. The van der Waals surface area contributed by atoms with Crippen molar-refractivity contribution in [3.8, 4) is 12.3 Å². The maximum Gasteiger partial charge on any atom is 0.253 e. The standard InChI is InChI=1S/C18H25N3O3S/c1-4-8-19-25(23,24)17-7-5-6-16(13-17)18(22)21-11-9-20(10-12-21)14-15(2)3/h1,5-7,13,15,19H,8-12,14H2,2-3H3. The smallest absolute Gasteiger partial charge is 0.253 e. The van der Waals surface area contributed by atoms with Gasteiger partial charge in [-0.15, -0.1) is 6.42 Å². The van der Waals surface area contributed by atoms with Crippen molar-refractivity contribution < 1.29 is 13.2 Å². The Morgan fingerprint density at radius 1 is 1.28 bits per heavy atom. The molecule has 0 radical (unpaired) electrons. The summed E-state index contributed by atoms with van der Waals surface area (Å²) in [5.74, 6) is 2.69. The van der Waals surface area contributed by atoms with Gasteiger partial charge in [-0.05, 0) is 24.1 Å². The fourth-order valence-corrected chi connectivity index (χ4v) is 3.83. The van der Waals surface area contributed by atoms with Gasteiger partial charge in [0.2, 0.25) is 10.0 Å². The molecule has 1 aromatic carbocycles. The van der Waals surface area contributed by atoms with Gasteiger partial charge in [0, 0.05) is 38.3 Å². The molecule has 1 heterocycles. The fraction of sp³-hybridized carbons (Fsp3) is 0.500. The van der Waals surface area contributed by atoms with E-state index in [9.17, 15) is 13.2 Å². The van der Waals surface area contributed by atoms with Gasteiger partial charge in [0.1, 0.15) is 0 Å². The molecule has 25 heavy (non-hydrogen) atoms. The predicted octanol–water partition coefficient (Wildman–Crippen LogP) is 1.01. The van der Waals surface area contributed by atoms with E-state index in [0.717, 1.165) is 19.6 Å². The lowest BCUT2D eigenvalue weighted by Crippen LogP contribution is -2.49. The average Bonchev–Trinajstić information content (AvgIpc) is 2.60. The van der Waals surface area contributed by atoms with Crippen LogP contribution in [0.4, 0.5) is 0 Å². The van der Waals surface area contributed by atoms with Gasteiger partial charge in [-0.3, -0.25) is 9.69 Å². The number of carbonyl (C=O) groups is 1. The highest BCUT2D eigenvalue weighted by molar-refractivity contribution is 7.89. The lowest BCUT2D eigenvalue weighted by atomic mass is 10.1. The van der Waals surface area contributed by atoms with Crippen molar-refractivity contribution in [3.63, 3.8) is 0 Å². The molecule has 0 aliphatic carbocycles. The lowest BCUT2D eigenvalue weighted by Gasteiger charge is -2.35. The van der Waals surface area contributed by atoms with Crippen LogP contribution in [0.5, 0.6) is 0 Å². The van der Waals surface area contributed by atoms with Crippen molar-refractivity contribution in [3.05, 3.63) is 29.8 Å². The zero-order chi connectivity index (χ0) is 18.4. The van der Waals surface area contributed by atoms with Crippen molar-refractivity contribution in [2.24, 2.45) is 5.92 Å². The highest BCUT2D eigenvalue weighted by Crippen LogP contribution is 2.15. The van der Waals surface area contributed by atoms with Gasteiger partial charge in [0.05, 0.1) is 11.4 Å². The Balaban J connectivity index is 2.06. The third kappa shape index (κ3) is 5.30. The number of rotatable bonds is 6. The molecule has 6 nitrogen and oxygen atoms in total. The summed E-state index contributed by atoms with van der Waals surface area (Å²) in [7, 11) is -3.70. The molecule has 0 unspecified atom stereocenters. The molecule has 1 aliphatic heterocycles. The fourth-order valence-electron chi connectivity index (χ4n) is 2.85. The van der Waals surface area contributed by atoms with Crippen LogP contribution in [0.2, 0.25) is 0 Å². The van der Waals surface area contributed by atoms with Gasteiger partial charge in [-0.2, -0.15) is 4.72 Å². The van der Waals surface area contributed by atoms with Gasteiger partial charge in [0.15, 0.2) is 0 Å². The third-order valence-electron chi connectivity index (χ3n) is 4.04. The lowest BCUT2D eigenvalue weighted by molar-refractivity contribution is 0.0623. The molecule has 0 atom stereocenters. The van der Waals surface area contributed by atoms with Crippen molar-refractivity contribution >= 4 is 15.9 Å². The number of sulfonamides is 1. The molecule has 0 spiro atoms. The van der Waals surface area contributed by atoms with E-state index in [1.807, 2.05) is 0 Å². The van der Waals surface area contributed by atoms with E-state index in [1.54, 1.807) is 17.0 Å². The third-order valence-corrected chi connectivity index (χ3v) is 5.44. The molecule has 0 bridgehead atoms. The van der Waals surface area contributed by atoms with Gasteiger partial charge < -0.3 is 4.90 Å². The predicted molar refractivity (Wildman–Crippen MR) is 97.6 cm³/mol. The second kappa shape index (κ2) is 8.48. The summed E-state index contributed by atoms with van der Waals surface area (Å²) >= 11 is 0. The number of hydrogen-bond acceptors (Lipinski definition) is 4. The number of benzene rings is 1. The molecule has 1 aromatic rings. The summed E-state index contributed by atoms with van der Waals surface area (Å²) in [4.78, 5) is 16.9. The van der Waals surface area contributed by atoms with Crippen molar-refractivity contribution in [1.29, 1.82) is 0 Å². The Bertz CT molecular complexity index is 745. The molecule has 0 saturated carbocycles. The summed E-state index contributed by atoms with van der Waals surface area (Å²) in [6, 6.07) is 6.08. The van der Waals surface area contributed by atoms with Crippen LogP contribution in [-0.2, 0) is 10.0 Å². The van der Waals surface area contributed by atoms with Crippen molar-refractivity contribution in [2.75, 3.05) is 39.3 Å². The van der Waals surface area contributed by atoms with Gasteiger partial charge in [-0.1, -0.05) is 25.8 Å². The topological polar surface area (TPSA) is 69.7 Å². The van der Waals surface area contributed by atoms with Crippen molar-refractivity contribution in [2.45, 2.75) is 18.7 Å². The Morgan fingerprint density at radius 2 is 1.96 bits per heavy atom. The molecule has 7 heteroatoms. The second-order valence-corrected chi connectivity index (χ2v) is 8.31. The van der Waals surface area contributed by atoms with Gasteiger partial charge in [-0.25, -0.2) is 8.42 Å². The first-order valence-electron chi connectivity index (χ1n) is 8.38. The summed E-state index contributed by atoms with van der Waals surface area (Å²) in [6.07, 6.45) is 5.09. The van der Waals surface area contributed by atoms with E-state index in [2.05, 4.69) is 29.4 Å². The number of nitrogens with zero attached hydrogens (tertiary/aromatic N) is 2. The zero-order valence-electron chi connectivity index (χ0n) is 14.7. The minimum absolute atomic E-state index is 0.0482. The first-order valence-corrected chi connectivity index (χ1v) is 9.86. The SMILES string of the molecule is C#CCNS(=O)(=O)c1cccc(C(=O)N2CCN(CC(C)C)CC2)c1.